The van der Waals surface area contributed by atoms with Crippen LogP contribution in [-0.4, -0.2) is 56.9 Å². The van der Waals surface area contributed by atoms with Crippen molar-refractivity contribution in [3.05, 3.63) is 23.7 Å². The van der Waals surface area contributed by atoms with Crippen molar-refractivity contribution in [3.8, 4) is 0 Å². The fraction of sp³-hybridized carbons (Fsp3) is 0.684. The molecule has 0 unspecified atom stereocenters. The van der Waals surface area contributed by atoms with Crippen LogP contribution in [0.25, 0.3) is 5.65 Å². The zero-order valence-corrected chi connectivity index (χ0v) is 15.0. The van der Waals surface area contributed by atoms with Crippen LogP contribution >= 0.6 is 0 Å². The highest BCUT2D eigenvalue weighted by molar-refractivity contribution is 5.79. The van der Waals surface area contributed by atoms with E-state index in [-0.39, 0.29) is 5.92 Å². The average molecular weight is 355 g/mol. The average Bonchev–Trinajstić information content (AvgIpc) is 3.47. The fourth-order valence-electron chi connectivity index (χ4n) is 4.23. The number of amides is 1. The Morgan fingerprint density at radius 1 is 0.962 bits per heavy atom. The lowest BCUT2D eigenvalue weighted by atomic mass is 9.93. The molecule has 2 aliphatic heterocycles. The number of rotatable bonds is 3. The number of nitrogens with zero attached hydrogens (tertiary/aromatic N) is 5. The summed E-state index contributed by atoms with van der Waals surface area (Å²) < 4.78 is 7.32. The van der Waals surface area contributed by atoms with Gasteiger partial charge in [0.15, 0.2) is 11.5 Å². The Balaban J connectivity index is 1.28. The minimum Gasteiger partial charge on any atom is -0.381 e. The lowest BCUT2D eigenvalue weighted by molar-refractivity contribution is -0.139. The van der Waals surface area contributed by atoms with Gasteiger partial charge in [-0.2, -0.15) is 9.61 Å². The summed E-state index contributed by atoms with van der Waals surface area (Å²) in [5, 5.41) is 13.5. The summed E-state index contributed by atoms with van der Waals surface area (Å²) in [5.74, 6) is 2.36. The van der Waals surface area contributed by atoms with Gasteiger partial charge in [-0.05, 0) is 50.7 Å². The lowest BCUT2D eigenvalue weighted by Gasteiger charge is -2.34. The van der Waals surface area contributed by atoms with E-state index in [2.05, 4.69) is 16.3 Å². The molecule has 1 saturated carbocycles. The molecule has 1 aliphatic carbocycles. The molecule has 0 N–H and O–H groups in total. The molecule has 7 heteroatoms. The van der Waals surface area contributed by atoms with Crippen LogP contribution < -0.4 is 0 Å². The predicted octanol–water partition coefficient (Wildman–Crippen LogP) is 2.13. The topological polar surface area (TPSA) is 72.6 Å². The minimum atomic E-state index is 0.150. The van der Waals surface area contributed by atoms with Gasteiger partial charge in [-0.25, -0.2) is 0 Å². The smallest absolute Gasteiger partial charge is 0.225 e. The monoisotopic (exact) mass is 355 g/mol. The second-order valence-corrected chi connectivity index (χ2v) is 7.85. The molecule has 2 saturated heterocycles. The zero-order valence-electron chi connectivity index (χ0n) is 15.0. The van der Waals surface area contributed by atoms with Crippen molar-refractivity contribution in [2.75, 3.05) is 26.3 Å². The fourth-order valence-corrected chi connectivity index (χ4v) is 4.23. The number of piperidine rings is 1. The summed E-state index contributed by atoms with van der Waals surface area (Å²) in [4.78, 5) is 14.8. The molecule has 5 rings (SSSR count). The van der Waals surface area contributed by atoms with Crippen LogP contribution in [0.15, 0.2) is 12.1 Å². The summed E-state index contributed by atoms with van der Waals surface area (Å²) in [6, 6.07) is 4.11. The molecule has 7 nitrogen and oxygen atoms in total. The highest BCUT2D eigenvalue weighted by atomic mass is 16.5. The maximum atomic E-state index is 12.7. The molecule has 0 radical (unpaired) electrons. The van der Waals surface area contributed by atoms with E-state index in [1.165, 1.54) is 12.8 Å². The third-order valence-electron chi connectivity index (χ3n) is 6.05. The Hall–Kier alpha value is -2.02. The molecule has 2 aromatic heterocycles. The number of carbonyl (C=O) groups is 1. The van der Waals surface area contributed by atoms with Gasteiger partial charge in [0, 0.05) is 44.1 Å². The summed E-state index contributed by atoms with van der Waals surface area (Å²) in [7, 11) is 0. The van der Waals surface area contributed by atoms with E-state index in [9.17, 15) is 4.79 Å². The number of likely N-dealkylation sites (tertiary alicyclic amines) is 1. The van der Waals surface area contributed by atoms with Gasteiger partial charge in [-0.1, -0.05) is 0 Å². The van der Waals surface area contributed by atoms with Gasteiger partial charge in [0.05, 0.1) is 5.69 Å². The first-order valence-corrected chi connectivity index (χ1v) is 9.88. The largest absolute Gasteiger partial charge is 0.381 e. The molecule has 138 valence electrons. The maximum absolute atomic E-state index is 12.7. The van der Waals surface area contributed by atoms with Gasteiger partial charge in [0.25, 0.3) is 0 Å². The molecule has 0 aromatic carbocycles. The molecular formula is C19H25N5O2. The number of fused-ring (bicyclic) bond motifs is 1. The first-order valence-electron chi connectivity index (χ1n) is 9.88. The summed E-state index contributed by atoms with van der Waals surface area (Å²) in [6.45, 7) is 3.04. The highest BCUT2D eigenvalue weighted by Gasteiger charge is 2.32. The lowest BCUT2D eigenvalue weighted by Crippen LogP contribution is -2.43. The summed E-state index contributed by atoms with van der Waals surface area (Å²) in [5.41, 5.74) is 1.98. The second kappa shape index (κ2) is 6.61. The van der Waals surface area contributed by atoms with Crippen LogP contribution in [0.3, 0.4) is 0 Å². The van der Waals surface area contributed by atoms with Crippen molar-refractivity contribution in [2.24, 2.45) is 5.92 Å². The molecule has 1 amide bonds. The van der Waals surface area contributed by atoms with Crippen LogP contribution in [0.4, 0.5) is 0 Å². The molecular weight excluding hydrogens is 330 g/mol. The van der Waals surface area contributed by atoms with E-state index in [4.69, 9.17) is 9.84 Å². The van der Waals surface area contributed by atoms with E-state index in [1.807, 2.05) is 15.5 Å². The minimum absolute atomic E-state index is 0.150. The second-order valence-electron chi connectivity index (χ2n) is 7.85. The molecule has 4 heterocycles. The first kappa shape index (κ1) is 16.2. The van der Waals surface area contributed by atoms with Gasteiger partial charge in [-0.15, -0.1) is 10.2 Å². The molecule has 3 fully saturated rings. The van der Waals surface area contributed by atoms with Crippen LogP contribution in [0.5, 0.6) is 0 Å². The van der Waals surface area contributed by atoms with Crippen LogP contribution in [-0.2, 0) is 9.53 Å². The Bertz CT molecular complexity index is 801. The molecule has 3 aliphatic rings. The number of ether oxygens (including phenoxy) is 1. The first-order chi connectivity index (χ1) is 12.8. The molecule has 2 aromatic rings. The summed E-state index contributed by atoms with van der Waals surface area (Å²) in [6.07, 6.45) is 6.07. The van der Waals surface area contributed by atoms with Crippen molar-refractivity contribution in [3.63, 3.8) is 0 Å². The quantitative estimate of drug-likeness (QED) is 0.843. The summed E-state index contributed by atoms with van der Waals surface area (Å²) >= 11 is 0. The van der Waals surface area contributed by atoms with Crippen molar-refractivity contribution in [2.45, 2.75) is 50.4 Å². The molecule has 0 spiro atoms. The maximum Gasteiger partial charge on any atom is 0.225 e. The van der Waals surface area contributed by atoms with E-state index in [0.29, 0.717) is 31.0 Å². The third-order valence-corrected chi connectivity index (χ3v) is 6.05. The molecule has 0 atom stereocenters. The SMILES string of the molecule is O=C(C1CCOCC1)N1CCC(c2nnc3ccc(C4CC4)nn23)CC1. The number of aromatic nitrogens is 4. The Kier molecular flexibility index (Phi) is 4.11. The van der Waals surface area contributed by atoms with Crippen LogP contribution in [0.1, 0.15) is 61.9 Å². The van der Waals surface area contributed by atoms with Gasteiger partial charge >= 0.3 is 0 Å². The zero-order chi connectivity index (χ0) is 17.5. The van der Waals surface area contributed by atoms with Crippen molar-refractivity contribution < 1.29 is 9.53 Å². The third kappa shape index (κ3) is 2.98. The number of carbonyl (C=O) groups excluding carboxylic acids is 1. The van der Waals surface area contributed by atoms with Gasteiger partial charge < -0.3 is 9.64 Å². The standard InChI is InChI=1S/C19H25N5O2/c25-19(15-7-11-26-12-8-15)23-9-5-14(6-10-23)18-21-20-17-4-3-16(13-1-2-13)22-24(17)18/h3-4,13-15H,1-2,5-12H2. The van der Waals surface area contributed by atoms with Gasteiger partial charge in [-0.3, -0.25) is 4.79 Å². The van der Waals surface area contributed by atoms with Crippen LogP contribution in [0, 0.1) is 5.92 Å². The van der Waals surface area contributed by atoms with E-state index >= 15 is 0 Å². The highest BCUT2D eigenvalue weighted by Crippen LogP contribution is 2.39. The van der Waals surface area contributed by atoms with E-state index in [0.717, 1.165) is 55.9 Å². The number of hydrogen-bond donors (Lipinski definition) is 0. The Labute approximate surface area is 152 Å². The Morgan fingerprint density at radius 2 is 1.73 bits per heavy atom. The van der Waals surface area contributed by atoms with Crippen molar-refractivity contribution in [1.29, 1.82) is 0 Å². The Morgan fingerprint density at radius 3 is 2.46 bits per heavy atom. The molecule has 0 bridgehead atoms. The van der Waals surface area contributed by atoms with Gasteiger partial charge in [0.2, 0.25) is 5.91 Å². The van der Waals surface area contributed by atoms with Crippen molar-refractivity contribution in [1.82, 2.24) is 24.7 Å². The van der Waals surface area contributed by atoms with E-state index in [1.54, 1.807) is 0 Å². The van der Waals surface area contributed by atoms with Gasteiger partial charge in [0.1, 0.15) is 0 Å². The predicted molar refractivity (Wildman–Crippen MR) is 94.9 cm³/mol. The molecule has 26 heavy (non-hydrogen) atoms. The normalized spacial score (nSPS) is 22.8. The van der Waals surface area contributed by atoms with Crippen LogP contribution in [0.2, 0.25) is 0 Å². The number of hydrogen-bond acceptors (Lipinski definition) is 5. The van der Waals surface area contributed by atoms with Crippen molar-refractivity contribution >= 4 is 11.6 Å². The van der Waals surface area contributed by atoms with E-state index < -0.39 is 0 Å².